The van der Waals surface area contributed by atoms with Gasteiger partial charge in [-0.05, 0) is 46.6 Å². The van der Waals surface area contributed by atoms with Crippen molar-refractivity contribution in [2.45, 2.75) is 71.4 Å². The van der Waals surface area contributed by atoms with Gasteiger partial charge in [-0.3, -0.25) is 4.79 Å². The zero-order chi connectivity index (χ0) is 15.6. The molecule has 0 aliphatic heterocycles. The number of nitrogens with one attached hydrogen (secondary N) is 1. The van der Waals surface area contributed by atoms with Crippen LogP contribution in [0, 0.1) is 13.8 Å². The molecule has 2 N–H and O–H groups in total. The highest BCUT2D eigenvalue weighted by Gasteiger charge is 2.25. The third-order valence-corrected chi connectivity index (χ3v) is 4.52. The van der Waals surface area contributed by atoms with Crippen molar-refractivity contribution in [3.05, 3.63) is 23.0 Å². The lowest BCUT2D eigenvalue weighted by Gasteiger charge is -2.27. The van der Waals surface area contributed by atoms with Gasteiger partial charge in [0.1, 0.15) is 0 Å². The number of aliphatic hydroxyl groups excluding tert-OH is 1. The standard InChI is InChI=1S/C17H28N2O2/c1-12-10-15(16(21)18-17(3,4)11-20)13(2)19(12)14-8-6-5-7-9-14/h10,14,20H,5-9,11H2,1-4H3,(H,18,21). The van der Waals surface area contributed by atoms with Crippen molar-refractivity contribution in [2.24, 2.45) is 0 Å². The van der Waals surface area contributed by atoms with E-state index in [0.717, 1.165) is 17.0 Å². The summed E-state index contributed by atoms with van der Waals surface area (Å²) in [4.78, 5) is 12.5. The van der Waals surface area contributed by atoms with Gasteiger partial charge in [-0.2, -0.15) is 0 Å². The number of rotatable bonds is 4. The number of aryl methyl sites for hydroxylation is 1. The van der Waals surface area contributed by atoms with Gasteiger partial charge >= 0.3 is 0 Å². The molecular weight excluding hydrogens is 264 g/mol. The number of hydrogen-bond acceptors (Lipinski definition) is 2. The van der Waals surface area contributed by atoms with Crippen molar-refractivity contribution in [3.8, 4) is 0 Å². The van der Waals surface area contributed by atoms with Gasteiger partial charge in [0, 0.05) is 17.4 Å². The molecule has 1 heterocycles. The van der Waals surface area contributed by atoms with Gasteiger partial charge in [-0.1, -0.05) is 19.3 Å². The van der Waals surface area contributed by atoms with Crippen molar-refractivity contribution in [1.29, 1.82) is 0 Å². The van der Waals surface area contributed by atoms with Crippen LogP contribution >= 0.6 is 0 Å². The Kier molecular flexibility index (Phi) is 4.77. The monoisotopic (exact) mass is 292 g/mol. The number of carbonyl (C=O) groups is 1. The summed E-state index contributed by atoms with van der Waals surface area (Å²) in [7, 11) is 0. The molecule has 0 bridgehead atoms. The third-order valence-electron chi connectivity index (χ3n) is 4.52. The molecule has 1 aromatic heterocycles. The minimum atomic E-state index is -0.593. The Bertz CT molecular complexity index is 511. The van der Waals surface area contributed by atoms with Crippen LogP contribution in [0.25, 0.3) is 0 Å². The van der Waals surface area contributed by atoms with Crippen LogP contribution in [0.2, 0.25) is 0 Å². The molecule has 1 aliphatic rings. The van der Waals surface area contributed by atoms with Crippen LogP contribution in [0.1, 0.15) is 73.7 Å². The van der Waals surface area contributed by atoms with Crippen LogP contribution in [0.4, 0.5) is 0 Å². The first-order chi connectivity index (χ1) is 9.85. The number of hydrogen-bond donors (Lipinski definition) is 2. The van der Waals surface area contributed by atoms with E-state index in [1.54, 1.807) is 0 Å². The van der Waals surface area contributed by atoms with Gasteiger partial charge in [0.2, 0.25) is 0 Å². The highest BCUT2D eigenvalue weighted by molar-refractivity contribution is 5.96. The Hall–Kier alpha value is -1.29. The SMILES string of the molecule is Cc1cc(C(=O)NC(C)(C)CO)c(C)n1C1CCCCC1. The predicted molar refractivity (Wildman–Crippen MR) is 84.7 cm³/mol. The van der Waals surface area contributed by atoms with E-state index in [9.17, 15) is 9.90 Å². The quantitative estimate of drug-likeness (QED) is 0.896. The summed E-state index contributed by atoms with van der Waals surface area (Å²) in [6, 6.07) is 2.51. The molecule has 0 unspecified atom stereocenters. The minimum absolute atomic E-state index is 0.0693. The normalized spacial score (nSPS) is 17.0. The van der Waals surface area contributed by atoms with Gasteiger partial charge in [0.25, 0.3) is 5.91 Å². The number of carbonyl (C=O) groups excluding carboxylic acids is 1. The van der Waals surface area contributed by atoms with Crippen molar-refractivity contribution >= 4 is 5.91 Å². The third kappa shape index (κ3) is 3.49. The van der Waals surface area contributed by atoms with Gasteiger partial charge in [0.05, 0.1) is 17.7 Å². The highest BCUT2D eigenvalue weighted by atomic mass is 16.3. The average Bonchev–Trinajstić information content (AvgIpc) is 2.74. The zero-order valence-corrected chi connectivity index (χ0v) is 13.7. The lowest BCUT2D eigenvalue weighted by molar-refractivity contribution is 0.0868. The summed E-state index contributed by atoms with van der Waals surface area (Å²) >= 11 is 0. The fourth-order valence-electron chi connectivity index (χ4n) is 3.32. The van der Waals surface area contributed by atoms with E-state index in [1.165, 1.54) is 32.1 Å². The molecular formula is C17H28N2O2. The maximum Gasteiger partial charge on any atom is 0.253 e. The van der Waals surface area contributed by atoms with E-state index in [2.05, 4.69) is 16.8 Å². The van der Waals surface area contributed by atoms with Crippen molar-refractivity contribution < 1.29 is 9.90 Å². The van der Waals surface area contributed by atoms with E-state index in [0.29, 0.717) is 6.04 Å². The Balaban J connectivity index is 2.24. The molecule has 1 aliphatic carbocycles. The molecule has 0 radical (unpaired) electrons. The molecule has 0 saturated heterocycles. The molecule has 1 saturated carbocycles. The van der Waals surface area contributed by atoms with Crippen LogP contribution < -0.4 is 5.32 Å². The Morgan fingerprint density at radius 3 is 2.52 bits per heavy atom. The molecule has 2 rings (SSSR count). The summed E-state index contributed by atoms with van der Waals surface area (Å²) in [6.07, 6.45) is 6.30. The Labute approximate surface area is 127 Å². The summed E-state index contributed by atoms with van der Waals surface area (Å²) < 4.78 is 2.33. The van der Waals surface area contributed by atoms with Gasteiger partial charge in [-0.25, -0.2) is 0 Å². The fourth-order valence-corrected chi connectivity index (χ4v) is 3.32. The first-order valence-corrected chi connectivity index (χ1v) is 7.97. The maximum absolute atomic E-state index is 12.5. The molecule has 0 atom stereocenters. The fraction of sp³-hybridized carbons (Fsp3) is 0.706. The van der Waals surface area contributed by atoms with Crippen LogP contribution in [-0.4, -0.2) is 27.7 Å². The summed E-state index contributed by atoms with van der Waals surface area (Å²) in [6.45, 7) is 7.69. The molecule has 1 fully saturated rings. The van der Waals surface area contributed by atoms with E-state index in [4.69, 9.17) is 0 Å². The van der Waals surface area contributed by atoms with Crippen LogP contribution in [0.15, 0.2) is 6.07 Å². The second kappa shape index (κ2) is 6.22. The molecule has 1 aromatic rings. The van der Waals surface area contributed by atoms with Gasteiger partial charge in [0.15, 0.2) is 0 Å². The first kappa shape index (κ1) is 16.1. The van der Waals surface area contributed by atoms with Crippen LogP contribution in [0.5, 0.6) is 0 Å². The first-order valence-electron chi connectivity index (χ1n) is 7.97. The minimum Gasteiger partial charge on any atom is -0.394 e. The van der Waals surface area contributed by atoms with E-state index in [-0.39, 0.29) is 12.5 Å². The second-order valence-electron chi connectivity index (χ2n) is 6.94. The summed E-state index contributed by atoms with van der Waals surface area (Å²) in [5.41, 5.74) is 2.35. The van der Waals surface area contributed by atoms with Crippen LogP contribution in [-0.2, 0) is 0 Å². The van der Waals surface area contributed by atoms with Crippen molar-refractivity contribution in [1.82, 2.24) is 9.88 Å². The molecule has 4 nitrogen and oxygen atoms in total. The van der Waals surface area contributed by atoms with Gasteiger partial charge < -0.3 is 15.0 Å². The molecule has 21 heavy (non-hydrogen) atoms. The Morgan fingerprint density at radius 1 is 1.33 bits per heavy atom. The van der Waals surface area contributed by atoms with Crippen LogP contribution in [0.3, 0.4) is 0 Å². The smallest absolute Gasteiger partial charge is 0.253 e. The van der Waals surface area contributed by atoms with Crippen molar-refractivity contribution in [3.63, 3.8) is 0 Å². The highest BCUT2D eigenvalue weighted by Crippen LogP contribution is 2.32. The number of aliphatic hydroxyl groups is 1. The number of amides is 1. The zero-order valence-electron chi connectivity index (χ0n) is 13.7. The maximum atomic E-state index is 12.5. The molecule has 118 valence electrons. The molecule has 0 spiro atoms. The van der Waals surface area contributed by atoms with E-state index in [1.807, 2.05) is 26.8 Å². The predicted octanol–water partition coefficient (Wildman–Crippen LogP) is 3.11. The lowest BCUT2D eigenvalue weighted by Crippen LogP contribution is -2.46. The van der Waals surface area contributed by atoms with Gasteiger partial charge in [-0.15, -0.1) is 0 Å². The lowest BCUT2D eigenvalue weighted by atomic mass is 9.95. The van der Waals surface area contributed by atoms with Crippen molar-refractivity contribution in [2.75, 3.05) is 6.61 Å². The number of aromatic nitrogens is 1. The summed E-state index contributed by atoms with van der Waals surface area (Å²) in [5.74, 6) is -0.0933. The molecule has 0 aromatic carbocycles. The topological polar surface area (TPSA) is 54.3 Å². The molecule has 1 amide bonds. The molecule has 4 heteroatoms. The Morgan fingerprint density at radius 2 is 1.95 bits per heavy atom. The largest absolute Gasteiger partial charge is 0.394 e. The van der Waals surface area contributed by atoms with E-state index < -0.39 is 5.54 Å². The average molecular weight is 292 g/mol. The number of nitrogens with zero attached hydrogens (tertiary/aromatic N) is 1. The second-order valence-corrected chi connectivity index (χ2v) is 6.94. The summed E-state index contributed by atoms with van der Waals surface area (Å²) in [5, 5.41) is 12.2. The van der Waals surface area contributed by atoms with E-state index >= 15 is 0 Å².